The summed E-state index contributed by atoms with van der Waals surface area (Å²) in [7, 11) is 0. The van der Waals surface area contributed by atoms with Gasteiger partial charge < -0.3 is 14.6 Å². The standard InChI is InChI=1S/C24H24N4O2S2/c1-16-20(23(29)26-13-18-4-2-10-30-18)12-22(28(16)14-19-5-3-11-31-19)21-15-32-24(27-21)17-6-8-25-9-7-17/h3,5-9,11-12,15,18H,2,4,10,13-14H2,1H3,(H,26,29). The van der Waals surface area contributed by atoms with E-state index in [1.54, 1.807) is 35.1 Å². The van der Waals surface area contributed by atoms with E-state index in [1.807, 2.05) is 25.1 Å². The van der Waals surface area contributed by atoms with Gasteiger partial charge in [0.25, 0.3) is 5.91 Å². The van der Waals surface area contributed by atoms with Crippen molar-refractivity contribution in [2.45, 2.75) is 32.4 Å². The number of nitrogens with zero attached hydrogens (tertiary/aromatic N) is 3. The van der Waals surface area contributed by atoms with Crippen molar-refractivity contribution < 1.29 is 9.53 Å². The first kappa shape index (κ1) is 21.1. The summed E-state index contributed by atoms with van der Waals surface area (Å²) in [5.41, 5.74) is 4.50. The highest BCUT2D eigenvalue weighted by Crippen LogP contribution is 2.32. The number of amides is 1. The van der Waals surface area contributed by atoms with Crippen LogP contribution in [0.4, 0.5) is 0 Å². The Bertz CT molecular complexity index is 1190. The highest BCUT2D eigenvalue weighted by Gasteiger charge is 2.22. The number of aromatic nitrogens is 3. The molecule has 0 radical (unpaired) electrons. The molecule has 0 aromatic carbocycles. The number of ether oxygens (including phenoxy) is 1. The molecule has 0 aliphatic carbocycles. The Morgan fingerprint density at radius 2 is 2.16 bits per heavy atom. The Morgan fingerprint density at radius 3 is 2.91 bits per heavy atom. The van der Waals surface area contributed by atoms with E-state index in [1.165, 1.54) is 4.88 Å². The maximum absolute atomic E-state index is 13.0. The van der Waals surface area contributed by atoms with E-state index in [4.69, 9.17) is 9.72 Å². The molecule has 1 amide bonds. The average molecular weight is 465 g/mol. The van der Waals surface area contributed by atoms with Crippen LogP contribution in [0.2, 0.25) is 0 Å². The van der Waals surface area contributed by atoms with E-state index in [-0.39, 0.29) is 12.0 Å². The molecule has 5 heterocycles. The van der Waals surface area contributed by atoms with E-state index >= 15 is 0 Å². The van der Waals surface area contributed by atoms with Crippen LogP contribution >= 0.6 is 22.7 Å². The molecule has 4 aromatic heterocycles. The topological polar surface area (TPSA) is 69.0 Å². The van der Waals surface area contributed by atoms with Crippen molar-refractivity contribution in [3.63, 3.8) is 0 Å². The van der Waals surface area contributed by atoms with Crippen molar-refractivity contribution >= 4 is 28.6 Å². The van der Waals surface area contributed by atoms with E-state index in [0.29, 0.717) is 18.7 Å². The smallest absolute Gasteiger partial charge is 0.253 e. The molecule has 4 aromatic rings. The van der Waals surface area contributed by atoms with Crippen LogP contribution in [0.5, 0.6) is 0 Å². The molecule has 164 valence electrons. The second-order valence-corrected chi connectivity index (χ2v) is 9.70. The Labute approximate surface area is 194 Å². The molecule has 1 fully saturated rings. The molecule has 0 saturated carbocycles. The zero-order valence-corrected chi connectivity index (χ0v) is 19.4. The Morgan fingerprint density at radius 1 is 1.28 bits per heavy atom. The number of thiophene rings is 1. The maximum Gasteiger partial charge on any atom is 0.253 e. The molecule has 0 spiro atoms. The quantitative estimate of drug-likeness (QED) is 0.418. The summed E-state index contributed by atoms with van der Waals surface area (Å²) in [5.74, 6) is -0.0613. The average Bonchev–Trinajstić information content (AvgIpc) is 3.62. The van der Waals surface area contributed by atoms with Gasteiger partial charge in [-0.1, -0.05) is 6.07 Å². The van der Waals surface area contributed by atoms with Crippen LogP contribution in [-0.2, 0) is 11.3 Å². The molecule has 1 aliphatic heterocycles. The van der Waals surface area contributed by atoms with E-state index in [0.717, 1.165) is 47.1 Å². The molecule has 8 heteroatoms. The van der Waals surface area contributed by atoms with Gasteiger partial charge in [-0.05, 0) is 49.4 Å². The Hall–Kier alpha value is -2.81. The van der Waals surface area contributed by atoms with Gasteiger partial charge in [-0.25, -0.2) is 4.98 Å². The van der Waals surface area contributed by atoms with Crippen molar-refractivity contribution in [1.82, 2.24) is 19.9 Å². The minimum Gasteiger partial charge on any atom is -0.376 e. The van der Waals surface area contributed by atoms with Gasteiger partial charge in [0.1, 0.15) is 5.01 Å². The normalized spacial score (nSPS) is 15.8. The second kappa shape index (κ2) is 9.36. The van der Waals surface area contributed by atoms with Gasteiger partial charge in [0.05, 0.1) is 29.6 Å². The SMILES string of the molecule is Cc1c(C(=O)NCC2CCCO2)cc(-c2csc(-c3ccncc3)n2)n1Cc1cccs1. The largest absolute Gasteiger partial charge is 0.376 e. The van der Waals surface area contributed by atoms with Gasteiger partial charge in [-0.2, -0.15) is 0 Å². The monoisotopic (exact) mass is 464 g/mol. The number of carbonyl (C=O) groups excluding carboxylic acids is 1. The number of hydrogen-bond acceptors (Lipinski definition) is 6. The third kappa shape index (κ3) is 4.39. The lowest BCUT2D eigenvalue weighted by Gasteiger charge is -2.12. The summed E-state index contributed by atoms with van der Waals surface area (Å²) in [4.78, 5) is 23.3. The first-order chi connectivity index (χ1) is 15.7. The highest BCUT2D eigenvalue weighted by molar-refractivity contribution is 7.13. The molecule has 5 rings (SSSR count). The van der Waals surface area contributed by atoms with Crippen molar-refractivity contribution in [2.75, 3.05) is 13.2 Å². The lowest BCUT2D eigenvalue weighted by atomic mass is 10.2. The van der Waals surface area contributed by atoms with Gasteiger partial charge in [0.15, 0.2) is 0 Å². The van der Waals surface area contributed by atoms with Gasteiger partial charge in [-0.3, -0.25) is 9.78 Å². The van der Waals surface area contributed by atoms with Gasteiger partial charge in [-0.15, -0.1) is 22.7 Å². The number of nitrogens with one attached hydrogen (secondary N) is 1. The zero-order chi connectivity index (χ0) is 21.9. The lowest BCUT2D eigenvalue weighted by Crippen LogP contribution is -2.32. The van der Waals surface area contributed by atoms with Crippen molar-refractivity contribution in [2.24, 2.45) is 0 Å². The lowest BCUT2D eigenvalue weighted by molar-refractivity contribution is 0.0857. The number of carbonyl (C=O) groups is 1. The molecule has 1 N–H and O–H groups in total. The zero-order valence-electron chi connectivity index (χ0n) is 17.8. The minimum atomic E-state index is -0.0613. The van der Waals surface area contributed by atoms with Gasteiger partial charge in [0.2, 0.25) is 0 Å². The fourth-order valence-electron chi connectivity index (χ4n) is 3.97. The predicted molar refractivity (Wildman–Crippen MR) is 128 cm³/mol. The van der Waals surface area contributed by atoms with E-state index in [9.17, 15) is 4.79 Å². The third-order valence-electron chi connectivity index (χ3n) is 5.71. The van der Waals surface area contributed by atoms with Crippen molar-refractivity contribution in [3.8, 4) is 22.0 Å². The summed E-state index contributed by atoms with van der Waals surface area (Å²) in [6.45, 7) is 4.05. The molecule has 1 saturated heterocycles. The number of pyridine rings is 1. The molecule has 1 aliphatic rings. The van der Waals surface area contributed by atoms with Crippen LogP contribution < -0.4 is 5.32 Å². The Kier molecular flexibility index (Phi) is 6.16. The Balaban J connectivity index is 1.47. The van der Waals surface area contributed by atoms with Gasteiger partial charge in [0, 0.05) is 47.1 Å². The number of hydrogen-bond donors (Lipinski definition) is 1. The van der Waals surface area contributed by atoms with Crippen LogP contribution in [-0.4, -0.2) is 39.7 Å². The van der Waals surface area contributed by atoms with Crippen LogP contribution in [0.25, 0.3) is 22.0 Å². The third-order valence-corrected chi connectivity index (χ3v) is 7.47. The molecular formula is C24H24N4O2S2. The van der Waals surface area contributed by atoms with Gasteiger partial charge >= 0.3 is 0 Å². The summed E-state index contributed by atoms with van der Waals surface area (Å²) in [6.07, 6.45) is 5.73. The number of rotatable bonds is 7. The molecule has 1 atom stereocenters. The van der Waals surface area contributed by atoms with Crippen LogP contribution in [0.15, 0.2) is 53.5 Å². The van der Waals surface area contributed by atoms with Crippen LogP contribution in [0.1, 0.15) is 33.8 Å². The van der Waals surface area contributed by atoms with Crippen molar-refractivity contribution in [3.05, 3.63) is 69.6 Å². The fraction of sp³-hybridized carbons (Fsp3) is 0.292. The minimum absolute atomic E-state index is 0.0613. The summed E-state index contributed by atoms with van der Waals surface area (Å²) in [6, 6.07) is 10.1. The maximum atomic E-state index is 13.0. The molecule has 32 heavy (non-hydrogen) atoms. The summed E-state index contributed by atoms with van der Waals surface area (Å²) in [5, 5.41) is 8.14. The first-order valence-electron chi connectivity index (χ1n) is 10.7. The second-order valence-electron chi connectivity index (χ2n) is 7.81. The number of thiazole rings is 1. The van der Waals surface area contributed by atoms with E-state index in [2.05, 4.69) is 37.8 Å². The van der Waals surface area contributed by atoms with Crippen molar-refractivity contribution in [1.29, 1.82) is 0 Å². The predicted octanol–water partition coefficient (Wildman–Crippen LogP) is 5.00. The van der Waals surface area contributed by atoms with Crippen LogP contribution in [0, 0.1) is 6.92 Å². The molecular weight excluding hydrogens is 440 g/mol. The summed E-state index contributed by atoms with van der Waals surface area (Å²) >= 11 is 3.31. The first-order valence-corrected chi connectivity index (χ1v) is 12.4. The molecule has 6 nitrogen and oxygen atoms in total. The summed E-state index contributed by atoms with van der Waals surface area (Å²) < 4.78 is 7.84. The highest BCUT2D eigenvalue weighted by atomic mass is 32.1. The molecule has 0 bridgehead atoms. The van der Waals surface area contributed by atoms with Crippen LogP contribution in [0.3, 0.4) is 0 Å². The fourth-order valence-corrected chi connectivity index (χ4v) is 5.49. The molecule has 1 unspecified atom stereocenters. The van der Waals surface area contributed by atoms with E-state index < -0.39 is 0 Å².